The van der Waals surface area contributed by atoms with Gasteiger partial charge in [0.25, 0.3) is 0 Å². The molecule has 0 spiro atoms. The summed E-state index contributed by atoms with van der Waals surface area (Å²) in [6.45, 7) is 6.69. The maximum atomic E-state index is 10.0. The van der Waals surface area contributed by atoms with Crippen LogP contribution in [0, 0.1) is 16.7 Å². The van der Waals surface area contributed by atoms with Crippen molar-refractivity contribution in [3.63, 3.8) is 0 Å². The maximum absolute atomic E-state index is 10.0. The molecule has 1 saturated heterocycles. The zero-order valence-corrected chi connectivity index (χ0v) is 7.87. The van der Waals surface area contributed by atoms with Gasteiger partial charge in [-0.2, -0.15) is 0 Å². The van der Waals surface area contributed by atoms with Crippen LogP contribution in [-0.2, 0) is 4.74 Å². The van der Waals surface area contributed by atoms with Crippen LogP contribution in [0.3, 0.4) is 0 Å². The number of ether oxygens (including phenoxy) is 1. The molecule has 0 radical (unpaired) electrons. The SMILES string of the molecule is CC1(C)C[C@@]2(C)[C@@H](O)[C@@H]1[C@@H]1O[C@@H]12. The third-order valence-electron chi connectivity index (χ3n) is 4.28. The normalized spacial score (nSPS) is 65.0. The van der Waals surface area contributed by atoms with Crippen molar-refractivity contribution >= 4 is 0 Å². The Morgan fingerprint density at radius 3 is 2.42 bits per heavy atom. The minimum absolute atomic E-state index is 0.0683. The fraction of sp³-hybridized carbons (Fsp3) is 1.00. The molecule has 0 aromatic rings. The van der Waals surface area contributed by atoms with Gasteiger partial charge in [0.05, 0.1) is 18.3 Å². The number of rotatable bonds is 0. The van der Waals surface area contributed by atoms with Crippen LogP contribution in [0.1, 0.15) is 27.2 Å². The molecule has 68 valence electrons. The van der Waals surface area contributed by atoms with E-state index in [2.05, 4.69) is 20.8 Å². The Bertz CT molecular complexity index is 248. The van der Waals surface area contributed by atoms with Gasteiger partial charge in [-0.3, -0.25) is 0 Å². The largest absolute Gasteiger partial charge is 0.392 e. The third-order valence-corrected chi connectivity index (χ3v) is 4.28. The first-order chi connectivity index (χ1) is 5.47. The topological polar surface area (TPSA) is 32.8 Å². The van der Waals surface area contributed by atoms with Gasteiger partial charge in [-0.05, 0) is 11.8 Å². The number of hydrogen-bond acceptors (Lipinski definition) is 2. The van der Waals surface area contributed by atoms with Gasteiger partial charge in [-0.15, -0.1) is 0 Å². The molecule has 1 N–H and O–H groups in total. The van der Waals surface area contributed by atoms with Crippen LogP contribution < -0.4 is 0 Å². The summed E-state index contributed by atoms with van der Waals surface area (Å²) < 4.78 is 5.59. The number of aliphatic hydroxyl groups is 1. The zero-order chi connectivity index (χ0) is 8.72. The van der Waals surface area contributed by atoms with E-state index in [4.69, 9.17) is 4.74 Å². The number of fused-ring (bicyclic) bond motifs is 5. The van der Waals surface area contributed by atoms with Crippen LogP contribution in [0.25, 0.3) is 0 Å². The second-order valence-electron chi connectivity index (χ2n) is 5.66. The van der Waals surface area contributed by atoms with Gasteiger partial charge < -0.3 is 9.84 Å². The first-order valence-corrected chi connectivity index (χ1v) is 4.80. The summed E-state index contributed by atoms with van der Waals surface area (Å²) in [5, 5.41) is 10.0. The average Bonchev–Trinajstić information content (AvgIpc) is 2.57. The molecule has 3 fully saturated rings. The molecule has 2 nitrogen and oxygen atoms in total. The van der Waals surface area contributed by atoms with Crippen molar-refractivity contribution in [2.24, 2.45) is 16.7 Å². The predicted molar refractivity (Wildman–Crippen MR) is 44.7 cm³/mol. The smallest absolute Gasteiger partial charge is 0.0924 e. The Labute approximate surface area is 72.9 Å². The van der Waals surface area contributed by atoms with E-state index in [1.807, 2.05) is 0 Å². The summed E-state index contributed by atoms with van der Waals surface area (Å²) >= 11 is 0. The van der Waals surface area contributed by atoms with Crippen molar-refractivity contribution in [1.82, 2.24) is 0 Å². The molecule has 0 aromatic heterocycles. The standard InChI is InChI=1S/C10H16O2/c1-9(2)4-10(3)7(11)5(9)6-8(10)12-6/h5-8,11H,4H2,1-3H3/t5-,6-,7-,8-,10-/m0/s1. The van der Waals surface area contributed by atoms with Crippen molar-refractivity contribution in [3.8, 4) is 0 Å². The van der Waals surface area contributed by atoms with Gasteiger partial charge >= 0.3 is 0 Å². The highest BCUT2D eigenvalue weighted by Crippen LogP contribution is 2.69. The molecule has 0 aromatic carbocycles. The van der Waals surface area contributed by atoms with Gasteiger partial charge in [0.2, 0.25) is 0 Å². The summed E-state index contributed by atoms with van der Waals surface area (Å²) in [6, 6.07) is 0. The second-order valence-corrected chi connectivity index (χ2v) is 5.66. The molecule has 3 rings (SSSR count). The average molecular weight is 168 g/mol. The maximum Gasteiger partial charge on any atom is 0.0924 e. The van der Waals surface area contributed by atoms with Gasteiger partial charge in [0.15, 0.2) is 0 Å². The van der Waals surface area contributed by atoms with E-state index >= 15 is 0 Å². The molecular weight excluding hydrogens is 152 g/mol. The molecule has 12 heavy (non-hydrogen) atoms. The van der Waals surface area contributed by atoms with Crippen LogP contribution in [0.15, 0.2) is 0 Å². The Kier molecular flexibility index (Phi) is 0.978. The molecule has 2 bridgehead atoms. The fourth-order valence-corrected chi connectivity index (χ4v) is 3.86. The van der Waals surface area contributed by atoms with Crippen molar-refractivity contribution in [2.75, 3.05) is 0 Å². The lowest BCUT2D eigenvalue weighted by molar-refractivity contribution is 0.00920. The Hall–Kier alpha value is -0.0800. The summed E-state index contributed by atoms with van der Waals surface area (Å²) in [5.74, 6) is 0.396. The Morgan fingerprint density at radius 1 is 1.33 bits per heavy atom. The highest BCUT2D eigenvalue weighted by molar-refractivity contribution is 5.23. The summed E-state index contributed by atoms with van der Waals surface area (Å²) in [6.07, 6.45) is 1.77. The molecule has 0 amide bonds. The van der Waals surface area contributed by atoms with Crippen molar-refractivity contribution in [3.05, 3.63) is 0 Å². The molecule has 1 heterocycles. The van der Waals surface area contributed by atoms with Crippen molar-refractivity contribution < 1.29 is 9.84 Å². The Morgan fingerprint density at radius 2 is 2.00 bits per heavy atom. The van der Waals surface area contributed by atoms with Crippen LogP contribution >= 0.6 is 0 Å². The molecule has 2 aliphatic carbocycles. The fourth-order valence-electron chi connectivity index (χ4n) is 3.86. The van der Waals surface area contributed by atoms with Gasteiger partial charge in [-0.25, -0.2) is 0 Å². The quantitative estimate of drug-likeness (QED) is 0.551. The van der Waals surface area contributed by atoms with Crippen LogP contribution in [-0.4, -0.2) is 23.4 Å². The number of epoxide rings is 1. The third kappa shape index (κ3) is 0.549. The van der Waals surface area contributed by atoms with E-state index in [0.29, 0.717) is 18.1 Å². The molecule has 3 aliphatic rings. The lowest BCUT2D eigenvalue weighted by Crippen LogP contribution is -2.29. The number of aliphatic hydroxyl groups excluding tert-OH is 1. The molecule has 5 atom stereocenters. The monoisotopic (exact) mass is 168 g/mol. The van der Waals surface area contributed by atoms with E-state index in [9.17, 15) is 5.11 Å². The van der Waals surface area contributed by atoms with Crippen LogP contribution in [0.2, 0.25) is 0 Å². The second kappa shape index (κ2) is 1.60. The van der Waals surface area contributed by atoms with Crippen molar-refractivity contribution in [2.45, 2.75) is 45.5 Å². The van der Waals surface area contributed by atoms with Gasteiger partial charge in [0, 0.05) is 11.3 Å². The van der Waals surface area contributed by atoms with Crippen LogP contribution in [0.4, 0.5) is 0 Å². The molecule has 2 heteroatoms. The van der Waals surface area contributed by atoms with E-state index in [1.165, 1.54) is 0 Å². The van der Waals surface area contributed by atoms with Crippen LogP contribution in [0.5, 0.6) is 0 Å². The minimum Gasteiger partial charge on any atom is -0.392 e. The van der Waals surface area contributed by atoms with E-state index in [0.717, 1.165) is 6.42 Å². The first kappa shape index (κ1) is 7.34. The first-order valence-electron chi connectivity index (χ1n) is 4.80. The number of hydrogen-bond donors (Lipinski definition) is 1. The molecule has 1 aliphatic heterocycles. The summed E-state index contributed by atoms with van der Waals surface area (Å²) in [7, 11) is 0. The molecule has 2 saturated carbocycles. The lowest BCUT2D eigenvalue weighted by atomic mass is 9.73. The molecule has 0 unspecified atom stereocenters. The summed E-state index contributed by atoms with van der Waals surface area (Å²) in [4.78, 5) is 0. The van der Waals surface area contributed by atoms with E-state index in [1.54, 1.807) is 0 Å². The predicted octanol–water partition coefficient (Wildman–Crippen LogP) is 1.18. The molecular formula is C10H16O2. The Balaban J connectivity index is 2.08. The zero-order valence-electron chi connectivity index (χ0n) is 7.87. The minimum atomic E-state index is -0.115. The van der Waals surface area contributed by atoms with Gasteiger partial charge in [-0.1, -0.05) is 20.8 Å². The van der Waals surface area contributed by atoms with E-state index in [-0.39, 0.29) is 16.9 Å². The van der Waals surface area contributed by atoms with Crippen molar-refractivity contribution in [1.29, 1.82) is 0 Å². The highest BCUT2D eigenvalue weighted by atomic mass is 16.6. The highest BCUT2D eigenvalue weighted by Gasteiger charge is 2.76. The van der Waals surface area contributed by atoms with Gasteiger partial charge in [0.1, 0.15) is 0 Å². The van der Waals surface area contributed by atoms with E-state index < -0.39 is 0 Å². The summed E-state index contributed by atoms with van der Waals surface area (Å²) in [5.41, 5.74) is 0.352. The lowest BCUT2D eigenvalue weighted by Gasteiger charge is -2.29.